The molecule has 11 nitrogen and oxygen atoms in total. The molecule has 4 aromatic rings. The number of halogens is 1. The molecular formula is C21H20ClN9O2. The average Bonchev–Trinajstić information content (AvgIpc) is 3.17. The van der Waals surface area contributed by atoms with Gasteiger partial charge in [-0.1, -0.05) is 41.9 Å². The fourth-order valence-corrected chi connectivity index (χ4v) is 3.45. The normalized spacial score (nSPS) is 11.7. The number of anilines is 2. The third-order valence-corrected chi connectivity index (χ3v) is 5.06. The van der Waals surface area contributed by atoms with E-state index in [1.54, 1.807) is 4.52 Å². The SMILES string of the molecule is CC(=O)NNC(=O)c1c(N)ncnc1N[C@@H](C)c1cc2ncc(Cl)n2nc1-c1ccccc1. The Morgan fingerprint density at radius 1 is 1.12 bits per heavy atom. The van der Waals surface area contributed by atoms with Crippen LogP contribution in [0.15, 0.2) is 48.9 Å². The lowest BCUT2D eigenvalue weighted by atomic mass is 10.0. The molecule has 0 bridgehead atoms. The maximum atomic E-state index is 12.6. The van der Waals surface area contributed by atoms with Gasteiger partial charge in [-0.25, -0.2) is 19.5 Å². The Morgan fingerprint density at radius 2 is 1.88 bits per heavy atom. The largest absolute Gasteiger partial charge is 0.383 e. The number of hydrogen-bond donors (Lipinski definition) is 4. The highest BCUT2D eigenvalue weighted by atomic mass is 35.5. The van der Waals surface area contributed by atoms with Crippen molar-refractivity contribution < 1.29 is 9.59 Å². The molecule has 168 valence electrons. The van der Waals surface area contributed by atoms with Crippen molar-refractivity contribution in [3.8, 4) is 11.3 Å². The Balaban J connectivity index is 1.75. The maximum Gasteiger partial charge on any atom is 0.277 e. The summed E-state index contributed by atoms with van der Waals surface area (Å²) in [5.41, 5.74) is 13.3. The summed E-state index contributed by atoms with van der Waals surface area (Å²) in [7, 11) is 0. The number of carbonyl (C=O) groups is 2. The van der Waals surface area contributed by atoms with Crippen LogP contribution in [-0.4, -0.2) is 36.4 Å². The summed E-state index contributed by atoms with van der Waals surface area (Å²) >= 11 is 6.24. The van der Waals surface area contributed by atoms with Gasteiger partial charge < -0.3 is 11.1 Å². The molecule has 0 fully saturated rings. The first-order valence-corrected chi connectivity index (χ1v) is 10.3. The summed E-state index contributed by atoms with van der Waals surface area (Å²) in [6.07, 6.45) is 2.77. The van der Waals surface area contributed by atoms with Crippen LogP contribution in [0.4, 0.5) is 11.6 Å². The van der Waals surface area contributed by atoms with Gasteiger partial charge in [0.15, 0.2) is 10.8 Å². The number of benzene rings is 1. The highest BCUT2D eigenvalue weighted by molar-refractivity contribution is 6.29. The van der Waals surface area contributed by atoms with E-state index in [1.807, 2.05) is 43.3 Å². The van der Waals surface area contributed by atoms with Gasteiger partial charge in [0.2, 0.25) is 5.91 Å². The second-order valence-corrected chi connectivity index (χ2v) is 7.54. The fraction of sp³-hybridized carbons (Fsp3) is 0.143. The Kier molecular flexibility index (Phi) is 6.05. The van der Waals surface area contributed by atoms with Crippen LogP contribution in [0.3, 0.4) is 0 Å². The lowest BCUT2D eigenvalue weighted by molar-refractivity contribution is -0.119. The van der Waals surface area contributed by atoms with Crippen LogP contribution in [0, 0.1) is 0 Å². The van der Waals surface area contributed by atoms with Gasteiger partial charge in [0.05, 0.1) is 17.9 Å². The first-order chi connectivity index (χ1) is 15.8. The Labute approximate surface area is 193 Å². The molecule has 0 radical (unpaired) electrons. The zero-order chi connectivity index (χ0) is 23.5. The molecule has 0 aliphatic carbocycles. The number of nitrogen functional groups attached to an aromatic ring is 1. The van der Waals surface area contributed by atoms with Crippen LogP contribution in [-0.2, 0) is 4.79 Å². The standard InChI is InChI=1S/C21H20ClN9O2/c1-11(27-20-17(19(23)25-10-26-20)21(33)29-28-12(2)32)14-8-16-24-9-15(22)31(16)30-18(14)13-6-4-3-5-7-13/h3-11H,1-2H3,(H,28,32)(H,29,33)(H3,23,25,26,27)/t11-/m0/s1. The second-order valence-electron chi connectivity index (χ2n) is 7.15. The molecule has 0 unspecified atom stereocenters. The van der Waals surface area contributed by atoms with E-state index in [4.69, 9.17) is 17.3 Å². The molecular weight excluding hydrogens is 446 g/mol. The molecule has 5 N–H and O–H groups in total. The van der Waals surface area contributed by atoms with E-state index >= 15 is 0 Å². The minimum atomic E-state index is -0.658. The number of hydrazine groups is 1. The number of nitrogens with two attached hydrogens (primary N) is 1. The molecule has 1 atom stereocenters. The number of amides is 2. The third kappa shape index (κ3) is 4.53. The van der Waals surface area contributed by atoms with Crippen molar-refractivity contribution >= 4 is 40.7 Å². The lowest BCUT2D eigenvalue weighted by Crippen LogP contribution is -2.41. The van der Waals surface area contributed by atoms with E-state index in [1.165, 1.54) is 19.4 Å². The topological polar surface area (TPSA) is 152 Å². The van der Waals surface area contributed by atoms with Crippen LogP contribution >= 0.6 is 11.6 Å². The number of rotatable bonds is 5. The molecule has 2 amide bonds. The van der Waals surface area contributed by atoms with Gasteiger partial charge in [0, 0.05) is 18.1 Å². The molecule has 0 saturated carbocycles. The van der Waals surface area contributed by atoms with Crippen LogP contribution in [0.25, 0.3) is 16.9 Å². The molecule has 4 rings (SSSR count). The molecule has 0 aliphatic heterocycles. The average molecular weight is 466 g/mol. The van der Waals surface area contributed by atoms with Crippen LogP contribution < -0.4 is 21.9 Å². The van der Waals surface area contributed by atoms with Crippen molar-refractivity contribution in [3.05, 3.63) is 65.2 Å². The third-order valence-electron chi connectivity index (χ3n) is 4.80. The molecule has 0 spiro atoms. The Hall–Kier alpha value is -4.25. The van der Waals surface area contributed by atoms with Crippen molar-refractivity contribution in [2.45, 2.75) is 19.9 Å². The van der Waals surface area contributed by atoms with E-state index in [2.05, 4.69) is 36.2 Å². The van der Waals surface area contributed by atoms with Gasteiger partial charge in [0.25, 0.3) is 5.91 Å². The molecule has 33 heavy (non-hydrogen) atoms. The zero-order valence-corrected chi connectivity index (χ0v) is 18.5. The van der Waals surface area contributed by atoms with Crippen LogP contribution in [0.1, 0.15) is 35.8 Å². The van der Waals surface area contributed by atoms with Gasteiger partial charge in [-0.15, -0.1) is 0 Å². The molecule has 3 heterocycles. The maximum absolute atomic E-state index is 12.6. The van der Waals surface area contributed by atoms with Crippen molar-refractivity contribution in [3.63, 3.8) is 0 Å². The van der Waals surface area contributed by atoms with Crippen molar-refractivity contribution in [2.75, 3.05) is 11.1 Å². The first kappa shape index (κ1) is 22.0. The van der Waals surface area contributed by atoms with Crippen molar-refractivity contribution in [1.82, 2.24) is 35.4 Å². The predicted molar refractivity (Wildman–Crippen MR) is 123 cm³/mol. The number of hydrogen-bond acceptors (Lipinski definition) is 8. The van der Waals surface area contributed by atoms with E-state index in [0.717, 1.165) is 11.1 Å². The Bertz CT molecular complexity index is 1340. The minimum Gasteiger partial charge on any atom is -0.383 e. The quantitative estimate of drug-likeness (QED) is 0.328. The van der Waals surface area contributed by atoms with E-state index in [-0.39, 0.29) is 23.2 Å². The molecule has 3 aromatic heterocycles. The number of fused-ring (bicyclic) bond motifs is 1. The Morgan fingerprint density at radius 3 is 2.61 bits per heavy atom. The summed E-state index contributed by atoms with van der Waals surface area (Å²) in [4.78, 5) is 36.1. The molecule has 1 aromatic carbocycles. The number of nitrogens with zero attached hydrogens (tertiary/aromatic N) is 5. The highest BCUT2D eigenvalue weighted by Gasteiger charge is 2.22. The summed E-state index contributed by atoms with van der Waals surface area (Å²) in [6, 6.07) is 11.1. The molecule has 0 saturated heterocycles. The van der Waals surface area contributed by atoms with E-state index in [9.17, 15) is 9.59 Å². The molecule has 12 heteroatoms. The minimum absolute atomic E-state index is 0.00254. The summed E-state index contributed by atoms with van der Waals surface area (Å²) in [6.45, 7) is 3.15. The zero-order valence-electron chi connectivity index (χ0n) is 17.7. The first-order valence-electron chi connectivity index (χ1n) is 9.88. The summed E-state index contributed by atoms with van der Waals surface area (Å²) in [5.74, 6) is -0.945. The fourth-order valence-electron chi connectivity index (χ4n) is 3.27. The predicted octanol–water partition coefficient (Wildman–Crippen LogP) is 2.38. The number of nitrogens with one attached hydrogen (secondary N) is 3. The van der Waals surface area contributed by atoms with Crippen molar-refractivity contribution in [2.24, 2.45) is 0 Å². The summed E-state index contributed by atoms with van der Waals surface area (Å²) in [5, 5.41) is 8.28. The van der Waals surface area contributed by atoms with Gasteiger partial charge >= 0.3 is 0 Å². The van der Waals surface area contributed by atoms with Crippen LogP contribution in [0.2, 0.25) is 5.15 Å². The lowest BCUT2D eigenvalue weighted by Gasteiger charge is -2.20. The van der Waals surface area contributed by atoms with E-state index in [0.29, 0.717) is 16.5 Å². The van der Waals surface area contributed by atoms with Crippen molar-refractivity contribution in [1.29, 1.82) is 0 Å². The number of carbonyl (C=O) groups excluding carboxylic acids is 2. The number of imidazole rings is 1. The van der Waals surface area contributed by atoms with Crippen LogP contribution in [0.5, 0.6) is 0 Å². The monoisotopic (exact) mass is 465 g/mol. The smallest absolute Gasteiger partial charge is 0.277 e. The van der Waals surface area contributed by atoms with Gasteiger partial charge in [-0.3, -0.25) is 20.4 Å². The highest BCUT2D eigenvalue weighted by Crippen LogP contribution is 2.31. The van der Waals surface area contributed by atoms with Gasteiger partial charge in [-0.2, -0.15) is 5.10 Å². The number of aromatic nitrogens is 5. The van der Waals surface area contributed by atoms with Gasteiger partial charge in [0.1, 0.15) is 23.5 Å². The van der Waals surface area contributed by atoms with E-state index < -0.39 is 11.8 Å². The second kappa shape index (κ2) is 9.09. The van der Waals surface area contributed by atoms with Gasteiger partial charge in [-0.05, 0) is 13.0 Å². The summed E-state index contributed by atoms with van der Waals surface area (Å²) < 4.78 is 1.55. The molecule has 0 aliphatic rings.